The molecule has 1 aromatic carbocycles. The summed E-state index contributed by atoms with van der Waals surface area (Å²) in [6, 6.07) is 6.03. The van der Waals surface area contributed by atoms with Gasteiger partial charge in [-0.15, -0.1) is 0 Å². The van der Waals surface area contributed by atoms with Crippen LogP contribution in [0, 0.1) is 5.92 Å². The van der Waals surface area contributed by atoms with E-state index in [0.29, 0.717) is 6.54 Å². The normalized spacial score (nSPS) is 16.1. The lowest BCUT2D eigenvalue weighted by Crippen LogP contribution is -2.19. The maximum Gasteiger partial charge on any atom is 0.133 e. The Labute approximate surface area is 98.9 Å². The quantitative estimate of drug-likeness (QED) is 0.912. The van der Waals surface area contributed by atoms with Crippen molar-refractivity contribution in [2.45, 2.75) is 25.8 Å². The molecule has 0 saturated heterocycles. The SMILES string of the molecule is NCc1ccc(OCC2CCC2)c(Br)c1. The number of hydrogen-bond acceptors (Lipinski definition) is 2. The van der Waals surface area contributed by atoms with E-state index in [1.807, 2.05) is 18.2 Å². The zero-order valence-electron chi connectivity index (χ0n) is 8.71. The zero-order chi connectivity index (χ0) is 10.7. The van der Waals surface area contributed by atoms with Gasteiger partial charge in [-0.25, -0.2) is 0 Å². The van der Waals surface area contributed by atoms with Crippen molar-refractivity contribution in [1.82, 2.24) is 0 Å². The van der Waals surface area contributed by atoms with Crippen LogP contribution in [0.2, 0.25) is 0 Å². The third-order valence-electron chi connectivity index (χ3n) is 2.93. The van der Waals surface area contributed by atoms with Crippen LogP contribution < -0.4 is 10.5 Å². The van der Waals surface area contributed by atoms with Crippen molar-refractivity contribution in [2.24, 2.45) is 11.7 Å². The number of hydrogen-bond donors (Lipinski definition) is 1. The summed E-state index contributed by atoms with van der Waals surface area (Å²) < 4.78 is 6.76. The molecule has 1 saturated carbocycles. The second kappa shape index (κ2) is 4.99. The van der Waals surface area contributed by atoms with Gasteiger partial charge in [0.05, 0.1) is 11.1 Å². The highest BCUT2D eigenvalue weighted by molar-refractivity contribution is 9.10. The molecule has 15 heavy (non-hydrogen) atoms. The van der Waals surface area contributed by atoms with Crippen molar-refractivity contribution in [3.05, 3.63) is 28.2 Å². The lowest BCUT2D eigenvalue weighted by molar-refractivity contribution is 0.180. The third kappa shape index (κ3) is 2.73. The van der Waals surface area contributed by atoms with Crippen molar-refractivity contribution in [1.29, 1.82) is 0 Å². The average molecular weight is 270 g/mol. The molecule has 2 nitrogen and oxygen atoms in total. The van der Waals surface area contributed by atoms with E-state index in [-0.39, 0.29) is 0 Å². The molecule has 1 aliphatic rings. The van der Waals surface area contributed by atoms with Gasteiger partial charge < -0.3 is 10.5 Å². The Morgan fingerprint density at radius 1 is 1.40 bits per heavy atom. The summed E-state index contributed by atoms with van der Waals surface area (Å²) >= 11 is 3.50. The van der Waals surface area contributed by atoms with E-state index in [9.17, 15) is 0 Å². The summed E-state index contributed by atoms with van der Waals surface area (Å²) in [5.74, 6) is 1.70. The predicted octanol–water partition coefficient (Wildman–Crippen LogP) is 3.09. The van der Waals surface area contributed by atoms with Gasteiger partial charge in [-0.3, -0.25) is 0 Å². The third-order valence-corrected chi connectivity index (χ3v) is 3.55. The van der Waals surface area contributed by atoms with Gasteiger partial charge in [0, 0.05) is 6.54 Å². The number of halogens is 1. The predicted molar refractivity (Wildman–Crippen MR) is 64.9 cm³/mol. The lowest BCUT2D eigenvalue weighted by atomic mass is 9.86. The van der Waals surface area contributed by atoms with Crippen molar-refractivity contribution in [3.63, 3.8) is 0 Å². The summed E-state index contributed by atoms with van der Waals surface area (Å²) in [6.45, 7) is 1.42. The van der Waals surface area contributed by atoms with E-state index >= 15 is 0 Å². The van der Waals surface area contributed by atoms with E-state index in [4.69, 9.17) is 10.5 Å². The molecule has 0 aromatic heterocycles. The molecule has 1 aromatic rings. The Morgan fingerprint density at radius 2 is 2.20 bits per heavy atom. The second-order valence-electron chi connectivity index (χ2n) is 4.08. The molecule has 0 atom stereocenters. The van der Waals surface area contributed by atoms with Crippen LogP contribution in [0.1, 0.15) is 24.8 Å². The van der Waals surface area contributed by atoms with Crippen LogP contribution in [0.4, 0.5) is 0 Å². The maximum absolute atomic E-state index is 5.75. The first-order chi connectivity index (χ1) is 7.29. The van der Waals surface area contributed by atoms with Gasteiger partial charge in [-0.05, 0) is 52.4 Å². The Bertz CT molecular complexity index is 336. The van der Waals surface area contributed by atoms with Crippen LogP contribution in [-0.2, 0) is 6.54 Å². The fourth-order valence-electron chi connectivity index (χ4n) is 1.66. The van der Waals surface area contributed by atoms with Crippen LogP contribution >= 0.6 is 15.9 Å². The molecule has 0 bridgehead atoms. The lowest BCUT2D eigenvalue weighted by Gasteiger charge is -2.25. The topological polar surface area (TPSA) is 35.2 Å². The van der Waals surface area contributed by atoms with Crippen molar-refractivity contribution < 1.29 is 4.74 Å². The molecule has 1 aliphatic carbocycles. The van der Waals surface area contributed by atoms with E-state index < -0.39 is 0 Å². The molecule has 2 N–H and O–H groups in total. The Hall–Kier alpha value is -0.540. The summed E-state index contributed by atoms with van der Waals surface area (Å²) in [5, 5.41) is 0. The fraction of sp³-hybridized carbons (Fsp3) is 0.500. The highest BCUT2D eigenvalue weighted by Gasteiger charge is 2.18. The van der Waals surface area contributed by atoms with Gasteiger partial charge in [0.25, 0.3) is 0 Å². The zero-order valence-corrected chi connectivity index (χ0v) is 10.3. The van der Waals surface area contributed by atoms with Crippen LogP contribution in [0.15, 0.2) is 22.7 Å². The first kappa shape index (κ1) is 11.0. The number of ether oxygens (including phenoxy) is 1. The summed E-state index contributed by atoms with van der Waals surface area (Å²) in [5.41, 5.74) is 6.68. The van der Waals surface area contributed by atoms with Gasteiger partial charge in [0.1, 0.15) is 5.75 Å². The Balaban J connectivity index is 1.95. The largest absolute Gasteiger partial charge is 0.492 e. The van der Waals surface area contributed by atoms with Gasteiger partial charge in [0.15, 0.2) is 0 Å². The maximum atomic E-state index is 5.75. The summed E-state index contributed by atoms with van der Waals surface area (Å²) in [4.78, 5) is 0. The molecule has 2 rings (SSSR count). The molecule has 0 aliphatic heterocycles. The first-order valence-corrected chi connectivity index (χ1v) is 6.20. The average Bonchev–Trinajstić information content (AvgIpc) is 2.18. The molecule has 0 unspecified atom stereocenters. The molecule has 3 heteroatoms. The Kier molecular flexibility index (Phi) is 3.65. The van der Waals surface area contributed by atoms with Gasteiger partial charge in [-0.2, -0.15) is 0 Å². The highest BCUT2D eigenvalue weighted by atomic mass is 79.9. The van der Waals surface area contributed by atoms with Gasteiger partial charge in [-0.1, -0.05) is 12.5 Å². The van der Waals surface area contributed by atoms with Crippen molar-refractivity contribution in [2.75, 3.05) is 6.61 Å². The smallest absolute Gasteiger partial charge is 0.133 e. The molecule has 0 spiro atoms. The van der Waals surface area contributed by atoms with E-state index in [2.05, 4.69) is 15.9 Å². The van der Waals surface area contributed by atoms with E-state index in [0.717, 1.165) is 28.3 Å². The van der Waals surface area contributed by atoms with Crippen LogP contribution in [0.3, 0.4) is 0 Å². The second-order valence-corrected chi connectivity index (χ2v) is 4.93. The molecular weight excluding hydrogens is 254 g/mol. The summed E-state index contributed by atoms with van der Waals surface area (Å²) in [7, 11) is 0. The van der Waals surface area contributed by atoms with Crippen LogP contribution in [0.5, 0.6) is 5.75 Å². The van der Waals surface area contributed by atoms with Crippen molar-refractivity contribution >= 4 is 15.9 Å². The minimum absolute atomic E-state index is 0.571. The van der Waals surface area contributed by atoms with Gasteiger partial charge in [0.2, 0.25) is 0 Å². The molecule has 1 fully saturated rings. The van der Waals surface area contributed by atoms with Crippen molar-refractivity contribution in [3.8, 4) is 5.75 Å². The monoisotopic (exact) mass is 269 g/mol. The molecule has 82 valence electrons. The molecule has 0 heterocycles. The molecule has 0 radical (unpaired) electrons. The minimum Gasteiger partial charge on any atom is -0.492 e. The molecule has 0 amide bonds. The summed E-state index contributed by atoms with van der Waals surface area (Å²) in [6.07, 6.45) is 4.00. The Morgan fingerprint density at radius 3 is 2.73 bits per heavy atom. The van der Waals surface area contributed by atoms with Gasteiger partial charge >= 0.3 is 0 Å². The van der Waals surface area contributed by atoms with E-state index in [1.165, 1.54) is 19.3 Å². The number of benzene rings is 1. The minimum atomic E-state index is 0.571. The fourth-order valence-corrected chi connectivity index (χ4v) is 2.20. The molecular formula is C12H16BrNO. The first-order valence-electron chi connectivity index (χ1n) is 5.41. The van der Waals surface area contributed by atoms with E-state index in [1.54, 1.807) is 0 Å². The standard InChI is InChI=1S/C12H16BrNO/c13-11-6-10(7-14)4-5-12(11)15-8-9-2-1-3-9/h4-6,9H,1-3,7-8,14H2. The highest BCUT2D eigenvalue weighted by Crippen LogP contribution is 2.30. The number of rotatable bonds is 4. The number of nitrogens with two attached hydrogens (primary N) is 1. The van der Waals surface area contributed by atoms with Crippen LogP contribution in [0.25, 0.3) is 0 Å². The van der Waals surface area contributed by atoms with Crippen LogP contribution in [-0.4, -0.2) is 6.61 Å².